The maximum absolute atomic E-state index is 12.2. The summed E-state index contributed by atoms with van der Waals surface area (Å²) in [6, 6.07) is 16.2. The van der Waals surface area contributed by atoms with Gasteiger partial charge in [0, 0.05) is 23.2 Å². The van der Waals surface area contributed by atoms with Crippen LogP contribution in [0.2, 0.25) is 5.02 Å². The molecule has 0 radical (unpaired) electrons. The largest absolute Gasteiger partial charge is 0.497 e. The van der Waals surface area contributed by atoms with Gasteiger partial charge in [-0.25, -0.2) is 0 Å². The van der Waals surface area contributed by atoms with Gasteiger partial charge in [0.15, 0.2) is 11.5 Å². The smallest absolute Gasteiger partial charge is 0.273 e. The molecule has 0 unspecified atom stereocenters. The van der Waals surface area contributed by atoms with Crippen molar-refractivity contribution in [2.24, 2.45) is 0 Å². The van der Waals surface area contributed by atoms with E-state index in [2.05, 4.69) is 10.5 Å². The van der Waals surface area contributed by atoms with Crippen LogP contribution in [0.15, 0.2) is 59.1 Å². The molecule has 0 fully saturated rings. The third kappa shape index (κ3) is 3.75. The molecular formula is C18H15ClN2O3. The van der Waals surface area contributed by atoms with Crippen LogP contribution in [0.1, 0.15) is 16.1 Å². The molecule has 1 aromatic heterocycles. The fraction of sp³-hybridized carbons (Fsp3) is 0.111. The zero-order valence-electron chi connectivity index (χ0n) is 13.0. The van der Waals surface area contributed by atoms with Crippen LogP contribution in [0.25, 0.3) is 11.3 Å². The quantitative estimate of drug-likeness (QED) is 0.763. The Hall–Kier alpha value is -2.79. The number of benzene rings is 2. The van der Waals surface area contributed by atoms with Crippen molar-refractivity contribution in [3.63, 3.8) is 0 Å². The monoisotopic (exact) mass is 342 g/mol. The van der Waals surface area contributed by atoms with Gasteiger partial charge in [0.25, 0.3) is 5.91 Å². The molecule has 0 aliphatic rings. The highest BCUT2D eigenvalue weighted by Crippen LogP contribution is 2.23. The van der Waals surface area contributed by atoms with E-state index < -0.39 is 0 Å². The van der Waals surface area contributed by atoms with Crippen molar-refractivity contribution in [3.8, 4) is 17.1 Å². The summed E-state index contributed by atoms with van der Waals surface area (Å²) in [4.78, 5) is 12.2. The Bertz CT molecular complexity index is 843. The topological polar surface area (TPSA) is 64.4 Å². The average molecular weight is 343 g/mol. The molecule has 0 saturated carbocycles. The third-order valence-corrected chi connectivity index (χ3v) is 3.69. The zero-order valence-corrected chi connectivity index (χ0v) is 13.7. The van der Waals surface area contributed by atoms with E-state index in [0.29, 0.717) is 17.3 Å². The van der Waals surface area contributed by atoms with Crippen molar-refractivity contribution in [2.45, 2.75) is 6.54 Å². The average Bonchev–Trinajstić information content (AvgIpc) is 3.10. The van der Waals surface area contributed by atoms with Crippen molar-refractivity contribution in [3.05, 3.63) is 70.9 Å². The Labute approximate surface area is 144 Å². The van der Waals surface area contributed by atoms with Gasteiger partial charge in [-0.1, -0.05) is 28.9 Å². The molecule has 2 aromatic carbocycles. The van der Waals surface area contributed by atoms with Gasteiger partial charge in [-0.15, -0.1) is 0 Å². The Morgan fingerprint density at radius 2 is 2.00 bits per heavy atom. The molecule has 1 amide bonds. The molecule has 0 saturated heterocycles. The number of amides is 1. The SMILES string of the molecule is COc1ccc(-c2cc(C(=O)NCc3cccc(Cl)c3)no2)cc1. The number of methoxy groups -OCH3 is 1. The molecule has 0 bridgehead atoms. The summed E-state index contributed by atoms with van der Waals surface area (Å²) in [7, 11) is 1.60. The number of nitrogens with zero attached hydrogens (tertiary/aromatic N) is 1. The molecule has 1 heterocycles. The predicted molar refractivity (Wildman–Crippen MR) is 91.1 cm³/mol. The Kier molecular flexibility index (Phi) is 4.82. The van der Waals surface area contributed by atoms with Gasteiger partial charge in [-0.2, -0.15) is 0 Å². The van der Waals surface area contributed by atoms with Crippen LogP contribution in [-0.4, -0.2) is 18.2 Å². The van der Waals surface area contributed by atoms with Gasteiger partial charge in [0.05, 0.1) is 7.11 Å². The van der Waals surface area contributed by atoms with E-state index in [1.54, 1.807) is 25.3 Å². The van der Waals surface area contributed by atoms with E-state index in [-0.39, 0.29) is 11.6 Å². The summed E-state index contributed by atoms with van der Waals surface area (Å²) in [5.74, 6) is 0.960. The second-order valence-corrected chi connectivity index (χ2v) is 5.55. The van der Waals surface area contributed by atoms with Gasteiger partial charge < -0.3 is 14.6 Å². The number of nitrogens with one attached hydrogen (secondary N) is 1. The number of hydrogen-bond acceptors (Lipinski definition) is 4. The van der Waals surface area contributed by atoms with Crippen molar-refractivity contribution in [1.82, 2.24) is 10.5 Å². The molecule has 6 heteroatoms. The van der Waals surface area contributed by atoms with E-state index in [1.807, 2.05) is 36.4 Å². The minimum Gasteiger partial charge on any atom is -0.497 e. The molecule has 0 aliphatic heterocycles. The number of ether oxygens (including phenoxy) is 1. The highest BCUT2D eigenvalue weighted by Gasteiger charge is 2.13. The van der Waals surface area contributed by atoms with Crippen LogP contribution in [0.5, 0.6) is 5.75 Å². The van der Waals surface area contributed by atoms with Crippen LogP contribution in [0, 0.1) is 0 Å². The first-order chi connectivity index (χ1) is 11.7. The molecule has 0 atom stereocenters. The van der Waals surface area contributed by atoms with E-state index in [1.165, 1.54) is 0 Å². The van der Waals surface area contributed by atoms with Crippen LogP contribution in [-0.2, 0) is 6.54 Å². The number of halogens is 1. The lowest BCUT2D eigenvalue weighted by Gasteiger charge is -2.03. The number of carbonyl (C=O) groups excluding carboxylic acids is 1. The molecule has 0 aliphatic carbocycles. The molecule has 0 spiro atoms. The lowest BCUT2D eigenvalue weighted by atomic mass is 10.1. The normalized spacial score (nSPS) is 10.4. The van der Waals surface area contributed by atoms with Crippen LogP contribution >= 0.6 is 11.6 Å². The molecule has 24 heavy (non-hydrogen) atoms. The fourth-order valence-electron chi connectivity index (χ4n) is 2.19. The Balaban J connectivity index is 1.66. The summed E-state index contributed by atoms with van der Waals surface area (Å²) in [6.07, 6.45) is 0. The third-order valence-electron chi connectivity index (χ3n) is 3.46. The molecule has 122 valence electrons. The highest BCUT2D eigenvalue weighted by molar-refractivity contribution is 6.30. The standard InChI is InChI=1S/C18H15ClN2O3/c1-23-15-7-5-13(6-8-15)17-10-16(21-24-17)18(22)20-11-12-3-2-4-14(19)9-12/h2-10H,11H2,1H3,(H,20,22). The van der Waals surface area contributed by atoms with Crippen molar-refractivity contribution < 1.29 is 14.1 Å². The number of aromatic nitrogens is 1. The Morgan fingerprint density at radius 1 is 1.21 bits per heavy atom. The molecule has 1 N–H and O–H groups in total. The van der Waals surface area contributed by atoms with Gasteiger partial charge in [0.2, 0.25) is 0 Å². The highest BCUT2D eigenvalue weighted by atomic mass is 35.5. The van der Waals surface area contributed by atoms with Gasteiger partial charge in [-0.05, 0) is 42.0 Å². The van der Waals surface area contributed by atoms with Crippen LogP contribution < -0.4 is 10.1 Å². The van der Waals surface area contributed by atoms with Gasteiger partial charge in [0.1, 0.15) is 5.75 Å². The molecule has 3 aromatic rings. The summed E-state index contributed by atoms with van der Waals surface area (Å²) >= 11 is 5.92. The van der Waals surface area contributed by atoms with Gasteiger partial charge in [-0.3, -0.25) is 4.79 Å². The summed E-state index contributed by atoms with van der Waals surface area (Å²) in [5, 5.41) is 7.24. The van der Waals surface area contributed by atoms with Crippen molar-refractivity contribution in [2.75, 3.05) is 7.11 Å². The van der Waals surface area contributed by atoms with Crippen molar-refractivity contribution >= 4 is 17.5 Å². The number of carbonyl (C=O) groups is 1. The first-order valence-electron chi connectivity index (χ1n) is 7.29. The molecule has 5 nitrogen and oxygen atoms in total. The lowest BCUT2D eigenvalue weighted by Crippen LogP contribution is -2.22. The maximum atomic E-state index is 12.2. The minimum atomic E-state index is -0.307. The Morgan fingerprint density at radius 3 is 2.71 bits per heavy atom. The van der Waals surface area contributed by atoms with Crippen LogP contribution in [0.3, 0.4) is 0 Å². The zero-order chi connectivity index (χ0) is 16.9. The predicted octanol–water partition coefficient (Wildman–Crippen LogP) is 3.93. The van der Waals surface area contributed by atoms with Crippen molar-refractivity contribution in [1.29, 1.82) is 0 Å². The number of rotatable bonds is 5. The van der Waals surface area contributed by atoms with E-state index in [9.17, 15) is 4.79 Å². The molecule has 3 rings (SSSR count). The summed E-state index contributed by atoms with van der Waals surface area (Å²) in [5.41, 5.74) is 1.95. The number of hydrogen-bond donors (Lipinski definition) is 1. The van der Waals surface area contributed by atoms with Crippen LogP contribution in [0.4, 0.5) is 0 Å². The summed E-state index contributed by atoms with van der Waals surface area (Å²) < 4.78 is 10.4. The van der Waals surface area contributed by atoms with E-state index in [0.717, 1.165) is 16.9 Å². The van der Waals surface area contributed by atoms with E-state index >= 15 is 0 Å². The second-order valence-electron chi connectivity index (χ2n) is 5.12. The maximum Gasteiger partial charge on any atom is 0.273 e. The first-order valence-corrected chi connectivity index (χ1v) is 7.67. The molecular weight excluding hydrogens is 328 g/mol. The summed E-state index contributed by atoms with van der Waals surface area (Å²) in [6.45, 7) is 0.365. The van der Waals surface area contributed by atoms with E-state index in [4.69, 9.17) is 20.9 Å². The fourth-order valence-corrected chi connectivity index (χ4v) is 2.41. The minimum absolute atomic E-state index is 0.225. The first kappa shape index (κ1) is 16.1. The van der Waals surface area contributed by atoms with Gasteiger partial charge >= 0.3 is 0 Å². The lowest BCUT2D eigenvalue weighted by molar-refractivity contribution is 0.0942. The second kappa shape index (κ2) is 7.19.